The largest absolute Gasteiger partial charge is 0.480 e. The van der Waals surface area contributed by atoms with Crippen LogP contribution in [0.25, 0.3) is 0 Å². The number of carboxylic acids is 1. The van der Waals surface area contributed by atoms with Gasteiger partial charge in [-0.15, -0.1) is 0 Å². The number of aliphatic carboxylic acids is 1. The van der Waals surface area contributed by atoms with Crippen LogP contribution < -0.4 is 0 Å². The third kappa shape index (κ3) is 3.22. The Morgan fingerprint density at radius 3 is 2.61 bits per heavy atom. The zero-order chi connectivity index (χ0) is 13.1. The molecule has 0 heterocycles. The molecule has 0 radical (unpaired) electrons. The van der Waals surface area contributed by atoms with Gasteiger partial charge in [-0.25, -0.2) is 4.79 Å². The first-order chi connectivity index (χ1) is 8.56. The SMILES string of the molecule is CN(CC1CC2CCC1C2)C(=O)COCC(=O)O. The van der Waals surface area contributed by atoms with Gasteiger partial charge in [0.2, 0.25) is 5.91 Å². The van der Waals surface area contributed by atoms with Crippen molar-refractivity contribution in [2.75, 3.05) is 26.8 Å². The molecule has 0 aliphatic heterocycles. The number of hydrogen-bond acceptors (Lipinski definition) is 3. The number of likely N-dealkylation sites (N-methyl/N-ethyl adjacent to an activating group) is 1. The molecular formula is C13H21NO4. The van der Waals surface area contributed by atoms with E-state index in [1.165, 1.54) is 25.7 Å². The van der Waals surface area contributed by atoms with E-state index in [9.17, 15) is 9.59 Å². The van der Waals surface area contributed by atoms with Crippen LogP contribution in [0.3, 0.4) is 0 Å². The summed E-state index contributed by atoms with van der Waals surface area (Å²) in [5, 5.41) is 8.42. The van der Waals surface area contributed by atoms with Crippen molar-refractivity contribution in [2.24, 2.45) is 17.8 Å². The summed E-state index contributed by atoms with van der Waals surface area (Å²) in [5.41, 5.74) is 0. The monoisotopic (exact) mass is 255 g/mol. The van der Waals surface area contributed by atoms with Gasteiger partial charge >= 0.3 is 5.97 Å². The van der Waals surface area contributed by atoms with E-state index in [2.05, 4.69) is 0 Å². The molecule has 2 bridgehead atoms. The van der Waals surface area contributed by atoms with Gasteiger partial charge < -0.3 is 14.7 Å². The van der Waals surface area contributed by atoms with Gasteiger partial charge in [0.05, 0.1) is 0 Å². The number of nitrogens with zero attached hydrogens (tertiary/aromatic N) is 1. The highest BCUT2D eigenvalue weighted by molar-refractivity contribution is 5.77. The van der Waals surface area contributed by atoms with E-state index >= 15 is 0 Å². The molecule has 5 heteroatoms. The maximum atomic E-state index is 11.7. The second-order valence-electron chi connectivity index (χ2n) is 5.60. The number of carboxylic acid groups (broad SMARTS) is 1. The fourth-order valence-corrected chi connectivity index (χ4v) is 3.39. The molecule has 2 saturated carbocycles. The van der Waals surface area contributed by atoms with E-state index in [4.69, 9.17) is 9.84 Å². The summed E-state index contributed by atoms with van der Waals surface area (Å²) < 4.78 is 4.81. The molecule has 3 atom stereocenters. The maximum absolute atomic E-state index is 11.7. The molecule has 2 fully saturated rings. The first-order valence-corrected chi connectivity index (χ1v) is 6.59. The summed E-state index contributed by atoms with van der Waals surface area (Å²) in [4.78, 5) is 23.7. The lowest BCUT2D eigenvalue weighted by Crippen LogP contribution is -2.36. The van der Waals surface area contributed by atoms with E-state index in [1.807, 2.05) is 0 Å². The minimum atomic E-state index is -1.04. The lowest BCUT2D eigenvalue weighted by atomic mass is 9.88. The summed E-state index contributed by atoms with van der Waals surface area (Å²) in [6.07, 6.45) is 5.26. The standard InChI is InChI=1S/C13H21NO4/c1-14(12(15)7-18-8-13(16)17)6-11-5-9-2-3-10(11)4-9/h9-11H,2-8H2,1H3,(H,16,17). The second kappa shape index (κ2) is 5.69. The molecular weight excluding hydrogens is 234 g/mol. The van der Waals surface area contributed by atoms with Gasteiger partial charge in [-0.2, -0.15) is 0 Å². The predicted molar refractivity (Wildman–Crippen MR) is 65.0 cm³/mol. The molecule has 5 nitrogen and oxygen atoms in total. The van der Waals surface area contributed by atoms with Crippen LogP contribution in [-0.2, 0) is 14.3 Å². The molecule has 1 N–H and O–H groups in total. The fourth-order valence-electron chi connectivity index (χ4n) is 3.39. The summed E-state index contributed by atoms with van der Waals surface area (Å²) >= 11 is 0. The number of amides is 1. The molecule has 2 aliphatic rings. The predicted octanol–water partition coefficient (Wildman–Crippen LogP) is 0.982. The van der Waals surface area contributed by atoms with Crippen molar-refractivity contribution in [1.82, 2.24) is 4.90 Å². The van der Waals surface area contributed by atoms with Gasteiger partial charge in [0.25, 0.3) is 0 Å². The van der Waals surface area contributed by atoms with Crippen molar-refractivity contribution in [2.45, 2.75) is 25.7 Å². The lowest BCUT2D eigenvalue weighted by Gasteiger charge is -2.27. The van der Waals surface area contributed by atoms with E-state index in [0.717, 1.165) is 18.4 Å². The Hall–Kier alpha value is -1.10. The zero-order valence-corrected chi connectivity index (χ0v) is 10.8. The Morgan fingerprint density at radius 2 is 2.06 bits per heavy atom. The van der Waals surface area contributed by atoms with E-state index in [-0.39, 0.29) is 12.5 Å². The van der Waals surface area contributed by atoms with Crippen molar-refractivity contribution < 1.29 is 19.4 Å². The van der Waals surface area contributed by atoms with Gasteiger partial charge in [-0.1, -0.05) is 6.42 Å². The number of carbonyl (C=O) groups is 2. The van der Waals surface area contributed by atoms with Crippen molar-refractivity contribution >= 4 is 11.9 Å². The summed E-state index contributed by atoms with van der Waals surface area (Å²) in [5.74, 6) is 1.15. The van der Waals surface area contributed by atoms with Crippen LogP contribution in [0.2, 0.25) is 0 Å². The Kier molecular flexibility index (Phi) is 4.22. The highest BCUT2D eigenvalue weighted by Crippen LogP contribution is 2.48. The third-order valence-corrected chi connectivity index (χ3v) is 4.27. The third-order valence-electron chi connectivity index (χ3n) is 4.27. The molecule has 18 heavy (non-hydrogen) atoms. The Morgan fingerprint density at radius 1 is 1.28 bits per heavy atom. The maximum Gasteiger partial charge on any atom is 0.329 e. The highest BCUT2D eigenvalue weighted by atomic mass is 16.5. The minimum absolute atomic E-state index is 0.126. The smallest absolute Gasteiger partial charge is 0.329 e. The van der Waals surface area contributed by atoms with Gasteiger partial charge in [0.1, 0.15) is 13.2 Å². The van der Waals surface area contributed by atoms with Gasteiger partial charge in [-0.3, -0.25) is 4.79 Å². The number of hydrogen-bond donors (Lipinski definition) is 1. The number of carbonyl (C=O) groups excluding carboxylic acids is 1. The van der Waals surface area contributed by atoms with Crippen LogP contribution >= 0.6 is 0 Å². The van der Waals surface area contributed by atoms with Crippen molar-refractivity contribution in [1.29, 1.82) is 0 Å². The molecule has 3 unspecified atom stereocenters. The van der Waals surface area contributed by atoms with E-state index in [0.29, 0.717) is 5.92 Å². The van der Waals surface area contributed by atoms with Crippen LogP contribution in [0.5, 0.6) is 0 Å². The molecule has 0 aromatic carbocycles. The molecule has 0 spiro atoms. The van der Waals surface area contributed by atoms with Gasteiger partial charge in [-0.05, 0) is 37.0 Å². The van der Waals surface area contributed by atoms with Gasteiger partial charge in [0.15, 0.2) is 0 Å². The molecule has 1 amide bonds. The molecule has 0 aromatic heterocycles. The van der Waals surface area contributed by atoms with Crippen LogP contribution in [0.1, 0.15) is 25.7 Å². The van der Waals surface area contributed by atoms with E-state index < -0.39 is 12.6 Å². The quantitative estimate of drug-likeness (QED) is 0.768. The van der Waals surface area contributed by atoms with Crippen molar-refractivity contribution in [3.63, 3.8) is 0 Å². The van der Waals surface area contributed by atoms with Crippen LogP contribution in [0, 0.1) is 17.8 Å². The van der Waals surface area contributed by atoms with E-state index in [1.54, 1.807) is 11.9 Å². The summed E-state index contributed by atoms with van der Waals surface area (Å²) in [7, 11) is 1.78. The fraction of sp³-hybridized carbons (Fsp3) is 0.846. The number of rotatable bonds is 6. The van der Waals surface area contributed by atoms with Crippen LogP contribution in [-0.4, -0.2) is 48.7 Å². The molecule has 2 rings (SSSR count). The molecule has 102 valence electrons. The normalized spacial score (nSPS) is 29.5. The first kappa shape index (κ1) is 13.3. The number of fused-ring (bicyclic) bond motifs is 2. The summed E-state index contributed by atoms with van der Waals surface area (Å²) in [6.45, 7) is 0.244. The minimum Gasteiger partial charge on any atom is -0.480 e. The van der Waals surface area contributed by atoms with Crippen molar-refractivity contribution in [3.05, 3.63) is 0 Å². The van der Waals surface area contributed by atoms with Gasteiger partial charge in [0, 0.05) is 13.6 Å². The van der Waals surface area contributed by atoms with Crippen LogP contribution in [0.15, 0.2) is 0 Å². The molecule has 0 saturated heterocycles. The Balaban J connectivity index is 1.69. The summed E-state index contributed by atoms with van der Waals surface area (Å²) in [6, 6.07) is 0. The average molecular weight is 255 g/mol. The number of ether oxygens (including phenoxy) is 1. The second-order valence-corrected chi connectivity index (χ2v) is 5.60. The highest BCUT2D eigenvalue weighted by Gasteiger charge is 2.39. The van der Waals surface area contributed by atoms with Crippen molar-refractivity contribution in [3.8, 4) is 0 Å². The first-order valence-electron chi connectivity index (χ1n) is 6.59. The Bertz CT molecular complexity index is 331. The molecule has 0 aromatic rings. The topological polar surface area (TPSA) is 66.8 Å². The van der Waals surface area contributed by atoms with Crippen LogP contribution in [0.4, 0.5) is 0 Å². The zero-order valence-electron chi connectivity index (χ0n) is 10.8. The average Bonchev–Trinajstić information content (AvgIpc) is 2.90. The lowest BCUT2D eigenvalue weighted by molar-refractivity contribution is -0.145. The molecule has 2 aliphatic carbocycles. The Labute approximate surface area is 107 Å².